The van der Waals surface area contributed by atoms with Crippen LogP contribution in [0.15, 0.2) is 85.2 Å². The van der Waals surface area contributed by atoms with E-state index >= 15 is 0 Å². The van der Waals surface area contributed by atoms with Crippen molar-refractivity contribution in [3.05, 3.63) is 113 Å². The Balaban J connectivity index is 1.79. The van der Waals surface area contributed by atoms with Crippen LogP contribution in [0.5, 0.6) is 0 Å². The minimum atomic E-state index is -0.496. The number of rotatable bonds is 3. The Morgan fingerprint density at radius 3 is 2.45 bits per heavy atom. The van der Waals surface area contributed by atoms with E-state index in [1.54, 1.807) is 0 Å². The smallest absolute Gasteiger partial charge is 0.141 e. The molecule has 1 aliphatic rings. The van der Waals surface area contributed by atoms with E-state index in [9.17, 15) is 10.5 Å². The molecule has 3 aromatic carbocycles. The Labute approximate surface area is 168 Å². The monoisotopic (exact) mass is 372 g/mol. The van der Waals surface area contributed by atoms with Gasteiger partial charge in [0.2, 0.25) is 0 Å². The summed E-state index contributed by atoms with van der Waals surface area (Å²) in [6.07, 6.45) is 4.52. The maximum atomic E-state index is 9.35. The molecule has 0 aliphatic carbocycles. The summed E-state index contributed by atoms with van der Waals surface area (Å²) in [4.78, 5) is 4.63. The second-order valence-electron chi connectivity index (χ2n) is 7.20. The van der Waals surface area contributed by atoms with Crippen molar-refractivity contribution in [3.8, 4) is 23.5 Å². The molecule has 1 unspecified atom stereocenters. The van der Waals surface area contributed by atoms with Crippen LogP contribution >= 0.6 is 0 Å². The van der Waals surface area contributed by atoms with Gasteiger partial charge in [0.1, 0.15) is 11.4 Å². The first-order valence-electron chi connectivity index (χ1n) is 9.39. The van der Waals surface area contributed by atoms with E-state index in [-0.39, 0.29) is 0 Å². The third kappa shape index (κ3) is 2.47. The molecular weight excluding hydrogens is 356 g/mol. The van der Waals surface area contributed by atoms with Crippen molar-refractivity contribution in [2.24, 2.45) is 0 Å². The lowest BCUT2D eigenvalue weighted by Gasteiger charge is -2.34. The molecule has 1 aliphatic heterocycles. The van der Waals surface area contributed by atoms with Crippen molar-refractivity contribution >= 4 is 0 Å². The van der Waals surface area contributed by atoms with Crippen LogP contribution in [-0.4, -0.2) is 9.55 Å². The van der Waals surface area contributed by atoms with Gasteiger partial charge in [-0.3, -0.25) is 0 Å². The first kappa shape index (κ1) is 17.0. The third-order valence-electron chi connectivity index (χ3n) is 5.67. The lowest BCUT2D eigenvalue weighted by atomic mass is 9.77. The molecule has 4 aromatic rings. The molecule has 4 nitrogen and oxygen atoms in total. The summed E-state index contributed by atoms with van der Waals surface area (Å²) in [5, 5.41) is 18.6. The number of imidazole rings is 1. The van der Waals surface area contributed by atoms with Crippen molar-refractivity contribution in [2.75, 3.05) is 0 Å². The van der Waals surface area contributed by atoms with E-state index in [1.807, 2.05) is 60.9 Å². The van der Waals surface area contributed by atoms with Crippen molar-refractivity contribution in [3.63, 3.8) is 0 Å². The zero-order chi connectivity index (χ0) is 19.8. The molecular formula is C25H16N4. The average molecular weight is 372 g/mol. The highest BCUT2D eigenvalue weighted by Crippen LogP contribution is 2.48. The number of hydrogen-bond donors (Lipinski definition) is 0. The summed E-state index contributed by atoms with van der Waals surface area (Å²) in [6, 6.07) is 28.3. The second-order valence-corrected chi connectivity index (χ2v) is 7.20. The van der Waals surface area contributed by atoms with Gasteiger partial charge < -0.3 is 4.57 Å². The Bertz CT molecular complexity index is 1300. The lowest BCUT2D eigenvalue weighted by Crippen LogP contribution is -2.35. The predicted octanol–water partition coefficient (Wildman–Crippen LogP) is 4.64. The highest BCUT2D eigenvalue weighted by Gasteiger charge is 2.44. The van der Waals surface area contributed by atoms with Gasteiger partial charge in [0, 0.05) is 24.4 Å². The molecule has 2 heterocycles. The Hall–Kier alpha value is -4.15. The molecule has 0 amide bonds. The molecule has 0 saturated carbocycles. The van der Waals surface area contributed by atoms with E-state index in [1.165, 1.54) is 5.56 Å². The van der Waals surface area contributed by atoms with Gasteiger partial charge in [-0.05, 0) is 41.0 Å². The number of nitriles is 2. The summed E-state index contributed by atoms with van der Waals surface area (Å²) >= 11 is 0. The molecule has 4 heteroatoms. The minimum absolute atomic E-state index is 0.496. The summed E-state index contributed by atoms with van der Waals surface area (Å²) in [5.41, 5.74) is 5.23. The van der Waals surface area contributed by atoms with Crippen LogP contribution in [-0.2, 0) is 12.0 Å². The molecule has 29 heavy (non-hydrogen) atoms. The topological polar surface area (TPSA) is 65.4 Å². The summed E-state index contributed by atoms with van der Waals surface area (Å²) in [6.45, 7) is 0. The standard InChI is InChI=1S/C25H16N4/c26-16-18-8-10-21(11-9-18)25(15-19-4-3-5-20(14-19)17-27)23-7-2-1-6-22(23)24-28-12-13-29(24)25/h1-14H,15H2. The van der Waals surface area contributed by atoms with Gasteiger partial charge in [0.15, 0.2) is 0 Å². The summed E-state index contributed by atoms with van der Waals surface area (Å²) in [7, 11) is 0. The first-order valence-corrected chi connectivity index (χ1v) is 9.39. The molecule has 136 valence electrons. The number of nitrogens with zero attached hydrogens (tertiary/aromatic N) is 4. The fourth-order valence-electron chi connectivity index (χ4n) is 4.42. The Morgan fingerprint density at radius 2 is 1.66 bits per heavy atom. The van der Waals surface area contributed by atoms with Crippen LogP contribution in [0.1, 0.15) is 27.8 Å². The van der Waals surface area contributed by atoms with E-state index in [0.29, 0.717) is 17.5 Å². The molecule has 1 aromatic heterocycles. The van der Waals surface area contributed by atoms with E-state index in [2.05, 4.69) is 46.0 Å². The van der Waals surface area contributed by atoms with Gasteiger partial charge >= 0.3 is 0 Å². The molecule has 0 fully saturated rings. The summed E-state index contributed by atoms with van der Waals surface area (Å²) < 4.78 is 2.22. The fourth-order valence-corrected chi connectivity index (χ4v) is 4.42. The quantitative estimate of drug-likeness (QED) is 0.526. The van der Waals surface area contributed by atoms with Crippen molar-refractivity contribution in [1.82, 2.24) is 9.55 Å². The van der Waals surface area contributed by atoms with E-state index < -0.39 is 5.54 Å². The zero-order valence-corrected chi connectivity index (χ0v) is 15.6. The number of benzene rings is 3. The van der Waals surface area contributed by atoms with E-state index in [4.69, 9.17) is 0 Å². The molecule has 5 rings (SSSR count). The highest BCUT2D eigenvalue weighted by molar-refractivity contribution is 5.71. The Morgan fingerprint density at radius 1 is 0.862 bits per heavy atom. The maximum Gasteiger partial charge on any atom is 0.141 e. The van der Waals surface area contributed by atoms with Crippen molar-refractivity contribution < 1.29 is 0 Å². The molecule has 0 bridgehead atoms. The maximum absolute atomic E-state index is 9.35. The van der Waals surface area contributed by atoms with Crippen LogP contribution in [0, 0.1) is 22.7 Å². The zero-order valence-electron chi connectivity index (χ0n) is 15.6. The number of aromatic nitrogens is 2. The largest absolute Gasteiger partial charge is 0.316 e. The second kappa shape index (κ2) is 6.48. The summed E-state index contributed by atoms with van der Waals surface area (Å²) in [5.74, 6) is 0.932. The molecule has 0 N–H and O–H groups in total. The van der Waals surface area contributed by atoms with Crippen LogP contribution in [0.4, 0.5) is 0 Å². The van der Waals surface area contributed by atoms with Gasteiger partial charge in [-0.2, -0.15) is 10.5 Å². The van der Waals surface area contributed by atoms with Crippen molar-refractivity contribution in [1.29, 1.82) is 10.5 Å². The lowest BCUT2D eigenvalue weighted by molar-refractivity contribution is 0.450. The van der Waals surface area contributed by atoms with Gasteiger partial charge in [-0.15, -0.1) is 0 Å². The van der Waals surface area contributed by atoms with Gasteiger partial charge in [-0.1, -0.05) is 48.5 Å². The third-order valence-corrected chi connectivity index (χ3v) is 5.67. The van der Waals surface area contributed by atoms with Crippen LogP contribution in [0.25, 0.3) is 11.4 Å². The van der Waals surface area contributed by atoms with Gasteiger partial charge in [0.05, 0.1) is 23.3 Å². The van der Waals surface area contributed by atoms with Crippen LogP contribution in [0.3, 0.4) is 0 Å². The fraction of sp³-hybridized carbons (Fsp3) is 0.0800. The van der Waals surface area contributed by atoms with Gasteiger partial charge in [-0.25, -0.2) is 4.98 Å². The number of hydrogen-bond acceptors (Lipinski definition) is 3. The SMILES string of the molecule is N#Cc1ccc(C2(Cc3cccc(C#N)c3)c3ccccc3-c3nccn32)cc1. The van der Waals surface area contributed by atoms with Crippen molar-refractivity contribution in [2.45, 2.75) is 12.0 Å². The number of fused-ring (bicyclic) bond motifs is 3. The molecule has 0 spiro atoms. The Kier molecular flexibility index (Phi) is 3.79. The average Bonchev–Trinajstić information content (AvgIpc) is 3.36. The molecule has 0 radical (unpaired) electrons. The highest BCUT2D eigenvalue weighted by atomic mass is 15.2. The normalized spacial score (nSPS) is 16.5. The molecule has 0 saturated heterocycles. The minimum Gasteiger partial charge on any atom is -0.316 e. The first-order chi connectivity index (χ1) is 14.3. The van der Waals surface area contributed by atoms with Gasteiger partial charge in [0.25, 0.3) is 0 Å². The van der Waals surface area contributed by atoms with Crippen LogP contribution in [0.2, 0.25) is 0 Å². The predicted molar refractivity (Wildman–Crippen MR) is 110 cm³/mol. The van der Waals surface area contributed by atoms with Crippen LogP contribution < -0.4 is 0 Å². The molecule has 1 atom stereocenters. The van der Waals surface area contributed by atoms with E-state index in [0.717, 1.165) is 22.5 Å².